The molecule has 1 aromatic rings. The van der Waals surface area contributed by atoms with Gasteiger partial charge in [-0.2, -0.15) is 0 Å². The molecule has 1 aliphatic carbocycles. The van der Waals surface area contributed by atoms with Gasteiger partial charge in [0.25, 0.3) is 0 Å². The predicted molar refractivity (Wildman–Crippen MR) is 102 cm³/mol. The standard InChI is InChI=1S/C15H23N2P.2C2H6/c18-17-10-4-9-16(11-12-17)15-8-3-6-13-5-1-2-7-14(13)15;2*1-2/h1-2,5,7,15H,3-4,6,8-12,18H2;2*1-2H3. The molecule has 0 saturated carbocycles. The highest BCUT2D eigenvalue weighted by atomic mass is 31.0. The zero-order valence-electron chi connectivity index (χ0n) is 15.0. The van der Waals surface area contributed by atoms with Crippen molar-refractivity contribution >= 4 is 9.39 Å². The molecule has 1 aliphatic heterocycles. The largest absolute Gasteiger partial charge is 0.295 e. The molecule has 22 heavy (non-hydrogen) atoms. The van der Waals surface area contributed by atoms with Crippen LogP contribution in [-0.4, -0.2) is 35.7 Å². The Labute approximate surface area is 140 Å². The second-order valence-corrected chi connectivity index (χ2v) is 6.26. The first-order valence-electron chi connectivity index (χ1n) is 9.16. The second-order valence-electron chi connectivity index (χ2n) is 5.53. The number of hydrogen-bond donors (Lipinski definition) is 0. The molecule has 3 heteroatoms. The van der Waals surface area contributed by atoms with Crippen LogP contribution in [0.2, 0.25) is 0 Å². The minimum atomic E-state index is 0.673. The molecule has 0 N–H and O–H groups in total. The van der Waals surface area contributed by atoms with E-state index in [1.807, 2.05) is 27.7 Å². The highest BCUT2D eigenvalue weighted by Crippen LogP contribution is 2.34. The fourth-order valence-electron chi connectivity index (χ4n) is 3.38. The molecular weight excluding hydrogens is 287 g/mol. The maximum Gasteiger partial charge on any atom is 0.0351 e. The van der Waals surface area contributed by atoms with Crippen LogP contribution in [0.4, 0.5) is 0 Å². The number of rotatable bonds is 1. The van der Waals surface area contributed by atoms with E-state index in [1.165, 1.54) is 51.9 Å². The molecule has 0 radical (unpaired) electrons. The summed E-state index contributed by atoms with van der Waals surface area (Å²) in [6, 6.07) is 9.74. The van der Waals surface area contributed by atoms with Crippen molar-refractivity contribution in [1.82, 2.24) is 9.57 Å². The van der Waals surface area contributed by atoms with Crippen LogP contribution in [-0.2, 0) is 6.42 Å². The molecule has 3 rings (SSSR count). The molecular formula is C19H35N2P. The lowest BCUT2D eigenvalue weighted by atomic mass is 9.87. The Hall–Kier alpha value is -0.430. The van der Waals surface area contributed by atoms with Crippen LogP contribution < -0.4 is 0 Å². The van der Waals surface area contributed by atoms with Crippen molar-refractivity contribution in [2.75, 3.05) is 26.2 Å². The van der Waals surface area contributed by atoms with Gasteiger partial charge in [0.2, 0.25) is 0 Å². The Kier molecular flexibility index (Phi) is 9.95. The van der Waals surface area contributed by atoms with E-state index in [4.69, 9.17) is 0 Å². The lowest BCUT2D eigenvalue weighted by Crippen LogP contribution is -2.33. The Bertz CT molecular complexity index is 408. The molecule has 2 unspecified atom stereocenters. The third kappa shape index (κ3) is 5.33. The number of fused-ring (bicyclic) bond motifs is 1. The zero-order valence-corrected chi connectivity index (χ0v) is 16.2. The van der Waals surface area contributed by atoms with E-state index >= 15 is 0 Å². The second kappa shape index (κ2) is 11.2. The minimum absolute atomic E-state index is 0.673. The highest BCUT2D eigenvalue weighted by molar-refractivity contribution is 7.13. The van der Waals surface area contributed by atoms with Gasteiger partial charge in [-0.1, -0.05) is 61.4 Å². The summed E-state index contributed by atoms with van der Waals surface area (Å²) in [6.07, 6.45) is 5.26. The zero-order chi connectivity index (χ0) is 16.4. The first-order chi connectivity index (χ1) is 10.8. The third-order valence-electron chi connectivity index (χ3n) is 4.34. The van der Waals surface area contributed by atoms with E-state index in [0.29, 0.717) is 6.04 Å². The fraction of sp³-hybridized carbons (Fsp3) is 0.684. The van der Waals surface area contributed by atoms with Crippen LogP contribution in [0.1, 0.15) is 64.1 Å². The Morgan fingerprint density at radius 3 is 2.41 bits per heavy atom. The van der Waals surface area contributed by atoms with Gasteiger partial charge in [-0.3, -0.25) is 9.57 Å². The minimum Gasteiger partial charge on any atom is -0.295 e. The maximum absolute atomic E-state index is 2.86. The van der Waals surface area contributed by atoms with Gasteiger partial charge in [-0.05, 0) is 36.8 Å². The first kappa shape index (κ1) is 19.6. The molecule has 1 fully saturated rings. The van der Waals surface area contributed by atoms with Gasteiger partial charge < -0.3 is 0 Å². The van der Waals surface area contributed by atoms with Crippen molar-refractivity contribution < 1.29 is 0 Å². The normalized spacial score (nSPS) is 22.3. The summed E-state index contributed by atoms with van der Waals surface area (Å²) in [4.78, 5) is 2.71. The van der Waals surface area contributed by atoms with Crippen LogP contribution >= 0.6 is 9.39 Å². The molecule has 0 amide bonds. The van der Waals surface area contributed by atoms with Crippen LogP contribution in [0.3, 0.4) is 0 Å². The van der Waals surface area contributed by atoms with Gasteiger partial charge in [0.05, 0.1) is 0 Å². The van der Waals surface area contributed by atoms with Crippen LogP contribution in [0.5, 0.6) is 0 Å². The summed E-state index contributed by atoms with van der Waals surface area (Å²) in [6.45, 7) is 12.9. The van der Waals surface area contributed by atoms with Crippen LogP contribution in [0.25, 0.3) is 0 Å². The van der Waals surface area contributed by atoms with Crippen LogP contribution in [0.15, 0.2) is 24.3 Å². The predicted octanol–water partition coefficient (Wildman–Crippen LogP) is 4.91. The summed E-state index contributed by atoms with van der Waals surface area (Å²) in [7, 11) is 2.86. The van der Waals surface area contributed by atoms with E-state index in [0.717, 1.165) is 0 Å². The van der Waals surface area contributed by atoms with Gasteiger partial charge in [0.1, 0.15) is 0 Å². The van der Waals surface area contributed by atoms with Crippen molar-refractivity contribution in [2.24, 2.45) is 0 Å². The molecule has 0 bridgehead atoms. The molecule has 0 aromatic heterocycles. The Morgan fingerprint density at radius 2 is 1.64 bits per heavy atom. The van der Waals surface area contributed by atoms with Gasteiger partial charge in [-0.25, -0.2) is 0 Å². The van der Waals surface area contributed by atoms with Gasteiger partial charge in [-0.15, -0.1) is 0 Å². The van der Waals surface area contributed by atoms with E-state index in [2.05, 4.69) is 43.2 Å². The summed E-state index contributed by atoms with van der Waals surface area (Å²) < 4.78 is 2.38. The van der Waals surface area contributed by atoms with E-state index in [1.54, 1.807) is 11.1 Å². The van der Waals surface area contributed by atoms with Crippen molar-refractivity contribution in [3.8, 4) is 0 Å². The SMILES string of the molecule is CC.CC.PN1CCCN(C2CCCc3ccccc32)CC1. The quantitative estimate of drug-likeness (QED) is 0.678. The maximum atomic E-state index is 2.86. The monoisotopic (exact) mass is 322 g/mol. The Balaban J connectivity index is 0.000000561. The van der Waals surface area contributed by atoms with Gasteiger partial charge >= 0.3 is 0 Å². The van der Waals surface area contributed by atoms with E-state index < -0.39 is 0 Å². The third-order valence-corrected chi connectivity index (χ3v) is 4.86. The smallest absolute Gasteiger partial charge is 0.0351 e. The molecule has 2 nitrogen and oxygen atoms in total. The number of nitrogens with zero attached hydrogens (tertiary/aromatic N) is 2. The van der Waals surface area contributed by atoms with Crippen molar-refractivity contribution in [3.63, 3.8) is 0 Å². The summed E-state index contributed by atoms with van der Waals surface area (Å²) in [5, 5.41) is 0. The van der Waals surface area contributed by atoms with Crippen molar-refractivity contribution in [3.05, 3.63) is 35.4 Å². The molecule has 2 atom stereocenters. The first-order valence-corrected chi connectivity index (χ1v) is 9.68. The average molecular weight is 322 g/mol. The highest BCUT2D eigenvalue weighted by Gasteiger charge is 2.26. The lowest BCUT2D eigenvalue weighted by Gasteiger charge is -2.35. The van der Waals surface area contributed by atoms with Gasteiger partial charge in [0, 0.05) is 32.2 Å². The van der Waals surface area contributed by atoms with Crippen molar-refractivity contribution in [1.29, 1.82) is 0 Å². The fourth-order valence-corrected chi connectivity index (χ4v) is 3.67. The Morgan fingerprint density at radius 1 is 0.909 bits per heavy atom. The van der Waals surface area contributed by atoms with E-state index in [-0.39, 0.29) is 0 Å². The lowest BCUT2D eigenvalue weighted by molar-refractivity contribution is 0.188. The average Bonchev–Trinajstić information content (AvgIpc) is 2.82. The molecule has 126 valence electrons. The summed E-state index contributed by atoms with van der Waals surface area (Å²) >= 11 is 0. The van der Waals surface area contributed by atoms with Gasteiger partial charge in [0.15, 0.2) is 0 Å². The number of benzene rings is 1. The summed E-state index contributed by atoms with van der Waals surface area (Å²) in [5.41, 5.74) is 3.18. The van der Waals surface area contributed by atoms with Crippen molar-refractivity contribution in [2.45, 2.75) is 59.4 Å². The molecule has 0 spiro atoms. The number of aryl methyl sites for hydroxylation is 1. The molecule has 1 heterocycles. The topological polar surface area (TPSA) is 6.48 Å². The molecule has 1 saturated heterocycles. The molecule has 1 aromatic carbocycles. The molecule has 2 aliphatic rings. The summed E-state index contributed by atoms with van der Waals surface area (Å²) in [5.74, 6) is 0. The van der Waals surface area contributed by atoms with Crippen LogP contribution in [0, 0.1) is 0 Å². The number of hydrogen-bond acceptors (Lipinski definition) is 2. The van der Waals surface area contributed by atoms with E-state index in [9.17, 15) is 0 Å².